The molecule has 0 spiro atoms. The minimum Gasteiger partial charge on any atom is -0.382 e. The lowest BCUT2D eigenvalue weighted by molar-refractivity contribution is 0.102. The van der Waals surface area contributed by atoms with Crippen LogP contribution in [0.25, 0.3) is 16.8 Å². The van der Waals surface area contributed by atoms with E-state index in [4.69, 9.17) is 10.7 Å². The number of benzene rings is 1. The Morgan fingerprint density at radius 1 is 1.14 bits per heavy atom. The molecular weight excluding hydrogens is 466 g/mol. The van der Waals surface area contributed by atoms with E-state index in [1.165, 1.54) is 10.6 Å². The Kier molecular flexibility index (Phi) is 5.95. The first-order valence-corrected chi connectivity index (χ1v) is 13.1. The highest BCUT2D eigenvalue weighted by Gasteiger charge is 2.30. The molecule has 11 heteroatoms. The average molecular weight is 492 g/mol. The molecule has 35 heavy (non-hydrogen) atoms. The zero-order valence-electron chi connectivity index (χ0n) is 19.1. The van der Waals surface area contributed by atoms with Crippen molar-refractivity contribution in [3.8, 4) is 11.3 Å². The van der Waals surface area contributed by atoms with Gasteiger partial charge in [-0.05, 0) is 37.1 Å². The second kappa shape index (κ2) is 9.08. The molecule has 180 valence electrons. The summed E-state index contributed by atoms with van der Waals surface area (Å²) in [5.74, 6) is 1.05. The van der Waals surface area contributed by atoms with E-state index in [0.717, 1.165) is 18.7 Å². The smallest absolute Gasteiger partial charge is 0.256 e. The van der Waals surface area contributed by atoms with Crippen molar-refractivity contribution in [2.75, 3.05) is 30.4 Å². The van der Waals surface area contributed by atoms with E-state index < -0.39 is 10.0 Å². The minimum absolute atomic E-state index is 0.0967. The number of hydrogen-bond donors (Lipinski definition) is 2. The number of aromatic nitrogens is 4. The van der Waals surface area contributed by atoms with E-state index >= 15 is 0 Å². The first-order valence-electron chi connectivity index (χ1n) is 11.2. The largest absolute Gasteiger partial charge is 0.382 e. The van der Waals surface area contributed by atoms with Crippen molar-refractivity contribution in [1.29, 1.82) is 0 Å². The number of carbonyl (C=O) groups is 1. The molecule has 1 aromatic carbocycles. The van der Waals surface area contributed by atoms with E-state index in [1.807, 2.05) is 10.5 Å². The minimum atomic E-state index is -3.30. The Morgan fingerprint density at radius 2 is 1.94 bits per heavy atom. The molecule has 1 aliphatic heterocycles. The average Bonchev–Trinajstić information content (AvgIpc) is 3.25. The number of imidazole rings is 1. The topological polar surface area (TPSA) is 136 Å². The molecule has 5 rings (SSSR count). The number of sulfonamides is 1. The van der Waals surface area contributed by atoms with Gasteiger partial charge in [0.05, 0.1) is 6.26 Å². The maximum Gasteiger partial charge on any atom is 0.256 e. The molecule has 0 unspecified atom stereocenters. The first-order chi connectivity index (χ1) is 16.8. The number of nitrogens with zero attached hydrogens (tertiary/aromatic N) is 5. The third kappa shape index (κ3) is 4.60. The molecule has 3 N–H and O–H groups in total. The van der Waals surface area contributed by atoms with Gasteiger partial charge in [-0.25, -0.2) is 27.7 Å². The van der Waals surface area contributed by atoms with Crippen LogP contribution in [0.3, 0.4) is 0 Å². The molecule has 0 radical (unpaired) electrons. The summed E-state index contributed by atoms with van der Waals surface area (Å²) in [6.07, 6.45) is 7.77. The Bertz CT molecular complexity index is 1500. The Labute approximate surface area is 202 Å². The van der Waals surface area contributed by atoms with Crippen LogP contribution >= 0.6 is 0 Å². The van der Waals surface area contributed by atoms with Gasteiger partial charge in [0.1, 0.15) is 28.7 Å². The SMILES string of the molecule is CS(=O)(=O)N1CCC[C@@H](c2nc(-c3ccnc(NC(=O)c4ccccc4)c3)c3c(N)nccn23)C1. The summed E-state index contributed by atoms with van der Waals surface area (Å²) in [4.78, 5) is 26.0. The third-order valence-corrected chi connectivity index (χ3v) is 7.41. The fourth-order valence-electron chi connectivity index (χ4n) is 4.45. The lowest BCUT2D eigenvalue weighted by Crippen LogP contribution is -2.38. The predicted octanol–water partition coefficient (Wildman–Crippen LogP) is 2.76. The van der Waals surface area contributed by atoms with Crippen molar-refractivity contribution in [3.05, 3.63) is 72.4 Å². The number of nitrogens with two attached hydrogens (primary N) is 1. The number of fused-ring (bicyclic) bond motifs is 1. The van der Waals surface area contributed by atoms with Gasteiger partial charge in [0.2, 0.25) is 10.0 Å². The lowest BCUT2D eigenvalue weighted by atomic mass is 9.99. The lowest BCUT2D eigenvalue weighted by Gasteiger charge is -2.30. The Hall–Kier alpha value is -3.83. The van der Waals surface area contributed by atoms with Gasteiger partial charge in [-0.2, -0.15) is 0 Å². The van der Waals surface area contributed by atoms with Crippen LogP contribution in [0.4, 0.5) is 11.6 Å². The van der Waals surface area contributed by atoms with Crippen LogP contribution in [0.1, 0.15) is 34.9 Å². The van der Waals surface area contributed by atoms with Crippen LogP contribution in [0.5, 0.6) is 0 Å². The van der Waals surface area contributed by atoms with E-state index in [0.29, 0.717) is 47.1 Å². The van der Waals surface area contributed by atoms with Gasteiger partial charge in [0, 0.05) is 48.7 Å². The Balaban J connectivity index is 1.53. The quantitative estimate of drug-likeness (QED) is 0.438. The van der Waals surface area contributed by atoms with Crippen molar-refractivity contribution < 1.29 is 13.2 Å². The summed E-state index contributed by atoms with van der Waals surface area (Å²) in [5.41, 5.74) is 8.73. The van der Waals surface area contributed by atoms with E-state index in [2.05, 4.69) is 15.3 Å². The molecule has 1 aliphatic rings. The van der Waals surface area contributed by atoms with Crippen LogP contribution in [0, 0.1) is 0 Å². The number of hydrogen-bond acceptors (Lipinski definition) is 7. The van der Waals surface area contributed by atoms with Crippen LogP contribution in [0.2, 0.25) is 0 Å². The summed E-state index contributed by atoms with van der Waals surface area (Å²) < 4.78 is 27.7. The predicted molar refractivity (Wildman–Crippen MR) is 133 cm³/mol. The third-order valence-electron chi connectivity index (χ3n) is 6.14. The summed E-state index contributed by atoms with van der Waals surface area (Å²) in [6, 6.07) is 12.4. The van der Waals surface area contributed by atoms with Crippen LogP contribution in [-0.2, 0) is 10.0 Å². The molecule has 4 heterocycles. The molecule has 0 aliphatic carbocycles. The number of amides is 1. The van der Waals surface area contributed by atoms with Gasteiger partial charge >= 0.3 is 0 Å². The summed E-state index contributed by atoms with van der Waals surface area (Å²) in [6.45, 7) is 0.859. The molecule has 1 amide bonds. The first kappa shape index (κ1) is 22.9. The zero-order chi connectivity index (χ0) is 24.6. The number of nitrogens with one attached hydrogen (secondary N) is 1. The highest BCUT2D eigenvalue weighted by Crippen LogP contribution is 2.34. The molecule has 1 fully saturated rings. The van der Waals surface area contributed by atoms with E-state index in [1.54, 1.807) is 55.0 Å². The molecule has 10 nitrogen and oxygen atoms in total. The second-order valence-electron chi connectivity index (χ2n) is 8.56. The fourth-order valence-corrected chi connectivity index (χ4v) is 5.37. The number of carbonyl (C=O) groups excluding carboxylic acids is 1. The standard InChI is InChI=1S/C24H25N7O3S/c1-35(33,34)30-12-5-8-18(15-30)23-29-20(21-22(25)27-11-13-31(21)23)17-9-10-26-19(14-17)28-24(32)16-6-3-2-4-7-16/h2-4,6-7,9-11,13-14,18H,5,8,12,15H2,1H3,(H2,25,27)(H,26,28,32)/t18-/m1/s1. The maximum atomic E-state index is 12.6. The molecule has 1 saturated heterocycles. The Morgan fingerprint density at radius 3 is 2.71 bits per heavy atom. The van der Waals surface area contributed by atoms with Crippen LogP contribution < -0.4 is 11.1 Å². The molecule has 0 saturated carbocycles. The summed E-state index contributed by atoms with van der Waals surface area (Å²) >= 11 is 0. The van der Waals surface area contributed by atoms with E-state index in [9.17, 15) is 13.2 Å². The molecule has 3 aromatic heterocycles. The highest BCUT2D eigenvalue weighted by atomic mass is 32.2. The van der Waals surface area contributed by atoms with Gasteiger partial charge in [-0.15, -0.1) is 0 Å². The fraction of sp³-hybridized carbons (Fsp3) is 0.250. The van der Waals surface area contributed by atoms with Crippen molar-refractivity contribution in [2.24, 2.45) is 0 Å². The van der Waals surface area contributed by atoms with Crippen molar-refractivity contribution in [2.45, 2.75) is 18.8 Å². The van der Waals surface area contributed by atoms with Crippen LogP contribution in [-0.4, -0.2) is 57.3 Å². The number of piperidine rings is 1. The van der Waals surface area contributed by atoms with Gasteiger partial charge < -0.3 is 11.1 Å². The molecule has 0 bridgehead atoms. The number of rotatable bonds is 5. The zero-order valence-corrected chi connectivity index (χ0v) is 19.9. The summed E-state index contributed by atoms with van der Waals surface area (Å²) in [7, 11) is -3.30. The molecule has 1 atom stereocenters. The van der Waals surface area contributed by atoms with Crippen molar-refractivity contribution in [3.63, 3.8) is 0 Å². The number of pyridine rings is 1. The molecular formula is C24H25N7O3S. The number of anilines is 2. The maximum absolute atomic E-state index is 12.6. The van der Waals surface area contributed by atoms with E-state index in [-0.39, 0.29) is 11.8 Å². The van der Waals surface area contributed by atoms with Gasteiger partial charge in [0.15, 0.2) is 0 Å². The van der Waals surface area contributed by atoms with Crippen molar-refractivity contribution in [1.82, 2.24) is 23.7 Å². The van der Waals surface area contributed by atoms with Gasteiger partial charge in [-0.3, -0.25) is 9.20 Å². The summed E-state index contributed by atoms with van der Waals surface area (Å²) in [5, 5.41) is 2.82. The van der Waals surface area contributed by atoms with Crippen molar-refractivity contribution >= 4 is 33.1 Å². The normalized spacial score (nSPS) is 16.9. The number of nitrogen functional groups attached to an aromatic ring is 1. The second-order valence-corrected chi connectivity index (χ2v) is 10.5. The van der Waals surface area contributed by atoms with Crippen LogP contribution in [0.15, 0.2) is 61.1 Å². The van der Waals surface area contributed by atoms with Gasteiger partial charge in [-0.1, -0.05) is 18.2 Å². The molecule has 4 aromatic rings. The van der Waals surface area contributed by atoms with Gasteiger partial charge in [0.25, 0.3) is 5.91 Å². The highest BCUT2D eigenvalue weighted by molar-refractivity contribution is 7.88. The monoisotopic (exact) mass is 491 g/mol.